The summed E-state index contributed by atoms with van der Waals surface area (Å²) in [6, 6.07) is 9.34. The van der Waals surface area contributed by atoms with Gasteiger partial charge in [-0.2, -0.15) is 4.68 Å². The molecule has 1 aromatic carbocycles. The standard InChI is InChI=1S/C14H14N6/c1-9-7-10(2)18-14(17-9)20-8-16-13(19-20)11-3-5-12(15)6-4-11/h3-8H,15H2,1-2H3. The normalized spacial score (nSPS) is 10.7. The molecule has 6 nitrogen and oxygen atoms in total. The van der Waals surface area contributed by atoms with E-state index in [-0.39, 0.29) is 0 Å². The molecule has 0 spiro atoms. The Morgan fingerprint density at radius 3 is 2.30 bits per heavy atom. The second-order valence-electron chi connectivity index (χ2n) is 4.59. The average molecular weight is 266 g/mol. The largest absolute Gasteiger partial charge is 0.399 e. The molecule has 0 unspecified atom stereocenters. The van der Waals surface area contributed by atoms with Gasteiger partial charge in [0, 0.05) is 22.6 Å². The molecule has 0 aliphatic heterocycles. The highest BCUT2D eigenvalue weighted by Crippen LogP contribution is 2.16. The van der Waals surface area contributed by atoms with Crippen LogP contribution < -0.4 is 5.73 Å². The first-order chi connectivity index (χ1) is 9.61. The number of hydrogen-bond donors (Lipinski definition) is 1. The summed E-state index contributed by atoms with van der Waals surface area (Å²) in [5.41, 5.74) is 9.09. The molecule has 3 aromatic rings. The number of benzene rings is 1. The summed E-state index contributed by atoms with van der Waals surface area (Å²) in [6.07, 6.45) is 1.61. The maximum absolute atomic E-state index is 5.67. The number of aryl methyl sites for hydroxylation is 2. The lowest BCUT2D eigenvalue weighted by molar-refractivity contribution is 0.794. The Hall–Kier alpha value is -2.76. The van der Waals surface area contributed by atoms with Crippen LogP contribution in [0.25, 0.3) is 17.3 Å². The van der Waals surface area contributed by atoms with E-state index in [1.807, 2.05) is 44.2 Å². The van der Waals surface area contributed by atoms with Gasteiger partial charge < -0.3 is 5.73 Å². The van der Waals surface area contributed by atoms with Crippen LogP contribution in [-0.4, -0.2) is 24.7 Å². The number of rotatable bonds is 2. The van der Waals surface area contributed by atoms with Crippen molar-refractivity contribution in [2.24, 2.45) is 0 Å². The molecule has 0 aliphatic rings. The summed E-state index contributed by atoms with van der Waals surface area (Å²) in [5.74, 6) is 1.14. The van der Waals surface area contributed by atoms with Crippen LogP contribution >= 0.6 is 0 Å². The van der Waals surface area contributed by atoms with E-state index in [9.17, 15) is 0 Å². The Bertz CT molecular complexity index is 724. The quantitative estimate of drug-likeness (QED) is 0.716. The molecule has 2 N–H and O–H groups in total. The molecule has 0 bridgehead atoms. The monoisotopic (exact) mass is 266 g/mol. The van der Waals surface area contributed by atoms with Crippen LogP contribution in [0.2, 0.25) is 0 Å². The Morgan fingerprint density at radius 1 is 1.00 bits per heavy atom. The van der Waals surface area contributed by atoms with Crippen LogP contribution in [0.5, 0.6) is 0 Å². The molecule has 20 heavy (non-hydrogen) atoms. The van der Waals surface area contributed by atoms with Gasteiger partial charge >= 0.3 is 0 Å². The fourth-order valence-corrected chi connectivity index (χ4v) is 1.93. The Morgan fingerprint density at radius 2 is 1.65 bits per heavy atom. The molecule has 2 heterocycles. The van der Waals surface area contributed by atoms with Crippen molar-refractivity contribution in [3.05, 3.63) is 48.0 Å². The van der Waals surface area contributed by atoms with Gasteiger partial charge in [-0.05, 0) is 44.2 Å². The predicted molar refractivity (Wildman–Crippen MR) is 76.3 cm³/mol. The van der Waals surface area contributed by atoms with Gasteiger partial charge in [0.1, 0.15) is 6.33 Å². The first-order valence-electron chi connectivity index (χ1n) is 6.22. The highest BCUT2D eigenvalue weighted by Gasteiger charge is 2.08. The van der Waals surface area contributed by atoms with Gasteiger partial charge in [-0.1, -0.05) is 0 Å². The molecule has 0 atom stereocenters. The van der Waals surface area contributed by atoms with Gasteiger partial charge in [-0.15, -0.1) is 5.10 Å². The first kappa shape index (κ1) is 12.3. The first-order valence-corrected chi connectivity index (χ1v) is 6.22. The van der Waals surface area contributed by atoms with Crippen molar-refractivity contribution in [2.75, 3.05) is 5.73 Å². The van der Waals surface area contributed by atoms with Crippen molar-refractivity contribution in [2.45, 2.75) is 13.8 Å². The van der Waals surface area contributed by atoms with E-state index >= 15 is 0 Å². The van der Waals surface area contributed by atoms with E-state index in [1.54, 1.807) is 11.0 Å². The maximum atomic E-state index is 5.67. The van der Waals surface area contributed by atoms with Gasteiger partial charge in [0.05, 0.1) is 0 Å². The summed E-state index contributed by atoms with van der Waals surface area (Å²) >= 11 is 0. The zero-order valence-corrected chi connectivity index (χ0v) is 11.3. The minimum Gasteiger partial charge on any atom is -0.399 e. The molecule has 100 valence electrons. The van der Waals surface area contributed by atoms with Crippen LogP contribution in [0.1, 0.15) is 11.4 Å². The van der Waals surface area contributed by atoms with Crippen molar-refractivity contribution < 1.29 is 0 Å². The number of anilines is 1. The Balaban J connectivity index is 1.99. The maximum Gasteiger partial charge on any atom is 0.252 e. The van der Waals surface area contributed by atoms with Crippen LogP contribution in [-0.2, 0) is 0 Å². The van der Waals surface area contributed by atoms with Gasteiger partial charge in [0.15, 0.2) is 5.82 Å². The number of aromatic nitrogens is 5. The van der Waals surface area contributed by atoms with Crippen molar-refractivity contribution >= 4 is 5.69 Å². The van der Waals surface area contributed by atoms with Gasteiger partial charge in [-0.3, -0.25) is 0 Å². The van der Waals surface area contributed by atoms with Crippen molar-refractivity contribution in [1.82, 2.24) is 24.7 Å². The third kappa shape index (κ3) is 2.35. The van der Waals surface area contributed by atoms with E-state index in [4.69, 9.17) is 5.73 Å². The number of nitrogen functional groups attached to an aromatic ring is 1. The van der Waals surface area contributed by atoms with E-state index < -0.39 is 0 Å². The lowest BCUT2D eigenvalue weighted by Crippen LogP contribution is -2.04. The van der Waals surface area contributed by atoms with E-state index in [1.165, 1.54) is 0 Å². The van der Waals surface area contributed by atoms with Gasteiger partial charge in [0.2, 0.25) is 0 Å². The predicted octanol–water partition coefficient (Wildman–Crippen LogP) is 1.92. The molecule has 0 saturated heterocycles. The van der Waals surface area contributed by atoms with Crippen LogP contribution in [0, 0.1) is 13.8 Å². The minimum absolute atomic E-state index is 0.525. The van der Waals surface area contributed by atoms with E-state index in [2.05, 4.69) is 20.1 Å². The third-order valence-corrected chi connectivity index (χ3v) is 2.84. The molecule has 0 fully saturated rings. The van der Waals surface area contributed by atoms with Crippen molar-refractivity contribution in [3.63, 3.8) is 0 Å². The van der Waals surface area contributed by atoms with Crippen molar-refractivity contribution in [3.8, 4) is 17.3 Å². The SMILES string of the molecule is Cc1cc(C)nc(-n2cnc(-c3ccc(N)cc3)n2)n1. The smallest absolute Gasteiger partial charge is 0.252 e. The zero-order chi connectivity index (χ0) is 14.1. The summed E-state index contributed by atoms with van der Waals surface area (Å²) in [7, 11) is 0. The molecule has 0 amide bonds. The van der Waals surface area contributed by atoms with Crippen LogP contribution in [0.15, 0.2) is 36.7 Å². The number of hydrogen-bond acceptors (Lipinski definition) is 5. The molecule has 3 rings (SSSR count). The van der Waals surface area contributed by atoms with E-state index in [0.717, 1.165) is 17.0 Å². The summed E-state index contributed by atoms with van der Waals surface area (Å²) in [6.45, 7) is 3.85. The molecule has 6 heteroatoms. The number of nitrogens with two attached hydrogens (primary N) is 1. The third-order valence-electron chi connectivity index (χ3n) is 2.84. The molecule has 0 saturated carbocycles. The Labute approximate surface area is 116 Å². The fourth-order valence-electron chi connectivity index (χ4n) is 1.93. The molecule has 0 radical (unpaired) electrons. The topological polar surface area (TPSA) is 82.5 Å². The lowest BCUT2D eigenvalue weighted by Gasteiger charge is -2.01. The van der Waals surface area contributed by atoms with Crippen molar-refractivity contribution in [1.29, 1.82) is 0 Å². The summed E-state index contributed by atoms with van der Waals surface area (Å²) < 4.78 is 1.58. The Kier molecular flexibility index (Phi) is 2.90. The average Bonchev–Trinajstić information content (AvgIpc) is 2.88. The van der Waals surface area contributed by atoms with E-state index in [0.29, 0.717) is 17.5 Å². The highest BCUT2D eigenvalue weighted by atomic mass is 15.4. The summed E-state index contributed by atoms with van der Waals surface area (Å²) in [4.78, 5) is 13.0. The van der Waals surface area contributed by atoms with Crippen LogP contribution in [0.4, 0.5) is 5.69 Å². The highest BCUT2D eigenvalue weighted by molar-refractivity contribution is 5.58. The molecule has 0 aliphatic carbocycles. The zero-order valence-electron chi connectivity index (χ0n) is 11.3. The van der Waals surface area contributed by atoms with Gasteiger partial charge in [0.25, 0.3) is 5.95 Å². The molecular formula is C14H14N6. The molecular weight excluding hydrogens is 252 g/mol. The van der Waals surface area contributed by atoms with Crippen LogP contribution in [0.3, 0.4) is 0 Å². The second-order valence-corrected chi connectivity index (χ2v) is 4.59. The lowest BCUT2D eigenvalue weighted by atomic mass is 10.2. The second kappa shape index (κ2) is 4.73. The van der Waals surface area contributed by atoms with Gasteiger partial charge in [-0.25, -0.2) is 15.0 Å². The molecule has 2 aromatic heterocycles. The minimum atomic E-state index is 0.525. The number of nitrogens with zero attached hydrogens (tertiary/aromatic N) is 5. The fraction of sp³-hybridized carbons (Fsp3) is 0.143. The summed E-state index contributed by atoms with van der Waals surface area (Å²) in [5, 5.41) is 4.40.